The van der Waals surface area contributed by atoms with E-state index in [0.29, 0.717) is 28.2 Å². The van der Waals surface area contributed by atoms with Crippen molar-refractivity contribution in [2.45, 2.75) is 0 Å². The lowest BCUT2D eigenvalue weighted by molar-refractivity contribution is -0.385. The van der Waals surface area contributed by atoms with Gasteiger partial charge in [0.25, 0.3) is 0 Å². The summed E-state index contributed by atoms with van der Waals surface area (Å²) in [6, 6.07) is 25.7. The van der Waals surface area contributed by atoms with Crippen LogP contribution in [0.1, 0.15) is 11.1 Å². The van der Waals surface area contributed by atoms with Crippen molar-refractivity contribution in [3.8, 4) is 23.0 Å². The van der Waals surface area contributed by atoms with Gasteiger partial charge < -0.3 is 9.47 Å². The third kappa shape index (κ3) is 5.63. The van der Waals surface area contributed by atoms with E-state index in [1.807, 2.05) is 0 Å². The zero-order valence-electron chi connectivity index (χ0n) is 18.3. The molecule has 0 fully saturated rings. The van der Waals surface area contributed by atoms with Crippen LogP contribution in [0.25, 0.3) is 5.57 Å². The molecular weight excluding hydrogens is 507 g/mol. The fourth-order valence-corrected chi connectivity index (χ4v) is 3.84. The van der Waals surface area contributed by atoms with Gasteiger partial charge in [0.1, 0.15) is 16.0 Å². The van der Waals surface area contributed by atoms with Gasteiger partial charge in [0.2, 0.25) is 11.5 Å². The maximum atomic E-state index is 11.2. The number of halogens is 2. The van der Waals surface area contributed by atoms with Crippen molar-refractivity contribution in [2.75, 3.05) is 0 Å². The van der Waals surface area contributed by atoms with Crippen LogP contribution in [0, 0.1) is 20.2 Å². The Bertz CT molecular complexity index is 1350. The van der Waals surface area contributed by atoms with Gasteiger partial charge in [-0.05, 0) is 47.5 Å². The van der Waals surface area contributed by atoms with Crippen molar-refractivity contribution < 1.29 is 19.3 Å². The topological polar surface area (TPSA) is 105 Å². The first kappa shape index (κ1) is 24.7. The van der Waals surface area contributed by atoms with E-state index in [2.05, 4.69) is 0 Å². The number of rotatable bonds is 8. The van der Waals surface area contributed by atoms with Crippen molar-refractivity contribution in [1.82, 2.24) is 0 Å². The van der Waals surface area contributed by atoms with Crippen molar-refractivity contribution in [2.24, 2.45) is 0 Å². The predicted octanol–water partition coefficient (Wildman–Crippen LogP) is 8.28. The maximum Gasteiger partial charge on any atom is 0.311 e. The Balaban J connectivity index is 1.55. The molecule has 0 spiro atoms. The quantitative estimate of drug-likeness (QED) is 0.170. The SMILES string of the molecule is O=[N+]([O-])c1ccccc1Oc1ccc(C(=C(Cl)Cl)c2ccc(Oc3ccccc3[N+](=O)[O-])cc2)cc1. The lowest BCUT2D eigenvalue weighted by Gasteiger charge is -2.12. The normalized spacial score (nSPS) is 10.4. The van der Waals surface area contributed by atoms with Crippen LogP contribution in [0.2, 0.25) is 0 Å². The van der Waals surface area contributed by atoms with E-state index in [-0.39, 0.29) is 27.4 Å². The van der Waals surface area contributed by atoms with E-state index in [9.17, 15) is 20.2 Å². The van der Waals surface area contributed by atoms with Gasteiger partial charge >= 0.3 is 11.4 Å². The molecule has 10 heteroatoms. The zero-order chi connectivity index (χ0) is 25.7. The second-order valence-electron chi connectivity index (χ2n) is 7.34. The summed E-state index contributed by atoms with van der Waals surface area (Å²) in [6.07, 6.45) is 0. The van der Waals surface area contributed by atoms with Gasteiger partial charge in [0.05, 0.1) is 9.85 Å². The maximum absolute atomic E-state index is 11.2. The van der Waals surface area contributed by atoms with Crippen molar-refractivity contribution >= 4 is 40.1 Å². The minimum absolute atomic E-state index is 0.0229. The number of hydrogen-bond donors (Lipinski definition) is 0. The van der Waals surface area contributed by atoms with Crippen LogP contribution in [0.4, 0.5) is 11.4 Å². The third-order valence-corrected chi connectivity index (χ3v) is 5.43. The van der Waals surface area contributed by atoms with Crippen LogP contribution < -0.4 is 9.47 Å². The minimum Gasteiger partial charge on any atom is -0.450 e. The van der Waals surface area contributed by atoms with Crippen LogP contribution in [0.3, 0.4) is 0 Å². The van der Waals surface area contributed by atoms with Gasteiger partial charge in [-0.3, -0.25) is 20.2 Å². The highest BCUT2D eigenvalue weighted by atomic mass is 35.5. The molecule has 36 heavy (non-hydrogen) atoms. The Labute approximate surface area is 215 Å². The Hall–Kier alpha value is -4.40. The summed E-state index contributed by atoms with van der Waals surface area (Å²) >= 11 is 12.4. The monoisotopic (exact) mass is 522 g/mol. The summed E-state index contributed by atoms with van der Waals surface area (Å²) in [5, 5.41) is 22.4. The van der Waals surface area contributed by atoms with E-state index in [1.165, 1.54) is 24.3 Å². The third-order valence-electron chi connectivity index (χ3n) is 5.05. The standard InChI is InChI=1S/C26H16Cl2N2O6/c27-26(28)25(17-9-13-19(14-10-17)35-23-7-3-1-5-21(23)29(31)32)18-11-15-20(16-12-18)36-24-8-4-2-6-22(24)30(33)34/h1-16H. The second-order valence-corrected chi connectivity index (χ2v) is 8.29. The average Bonchev–Trinajstić information content (AvgIpc) is 2.86. The molecule has 4 aromatic carbocycles. The molecule has 0 atom stereocenters. The molecular formula is C26H16Cl2N2O6. The largest absolute Gasteiger partial charge is 0.450 e. The molecule has 0 aliphatic rings. The smallest absolute Gasteiger partial charge is 0.311 e. The van der Waals surface area contributed by atoms with Gasteiger partial charge in [-0.25, -0.2) is 0 Å². The van der Waals surface area contributed by atoms with E-state index in [0.717, 1.165) is 0 Å². The number of nitro benzene ring substituents is 2. The molecule has 0 aliphatic carbocycles. The Kier molecular flexibility index (Phi) is 7.48. The predicted molar refractivity (Wildman–Crippen MR) is 137 cm³/mol. The van der Waals surface area contributed by atoms with Crippen LogP contribution in [-0.4, -0.2) is 9.85 Å². The van der Waals surface area contributed by atoms with Crippen LogP contribution >= 0.6 is 23.2 Å². The van der Waals surface area contributed by atoms with Crippen molar-refractivity contribution in [1.29, 1.82) is 0 Å². The van der Waals surface area contributed by atoms with Gasteiger partial charge in [0.15, 0.2) is 0 Å². The van der Waals surface area contributed by atoms with Crippen molar-refractivity contribution in [3.05, 3.63) is 133 Å². The number of ether oxygens (including phenoxy) is 2. The molecule has 0 saturated heterocycles. The molecule has 0 radical (unpaired) electrons. The van der Waals surface area contributed by atoms with Gasteiger partial charge in [0, 0.05) is 17.7 Å². The molecule has 180 valence electrons. The van der Waals surface area contributed by atoms with Crippen molar-refractivity contribution in [3.63, 3.8) is 0 Å². The first-order chi connectivity index (χ1) is 17.3. The zero-order valence-corrected chi connectivity index (χ0v) is 19.8. The summed E-state index contributed by atoms with van der Waals surface area (Å²) in [4.78, 5) is 21.4. The molecule has 0 unspecified atom stereocenters. The highest BCUT2D eigenvalue weighted by molar-refractivity contribution is 6.59. The minimum atomic E-state index is -0.513. The van der Waals surface area contributed by atoms with Gasteiger partial charge in [-0.1, -0.05) is 71.7 Å². The number of hydrogen-bond acceptors (Lipinski definition) is 6. The molecule has 4 aromatic rings. The Morgan fingerprint density at radius 3 is 1.28 bits per heavy atom. The van der Waals surface area contributed by atoms with Gasteiger partial charge in [-0.15, -0.1) is 0 Å². The molecule has 4 rings (SSSR count). The van der Waals surface area contributed by atoms with E-state index in [1.54, 1.807) is 72.8 Å². The average molecular weight is 523 g/mol. The van der Waals surface area contributed by atoms with E-state index < -0.39 is 9.85 Å². The molecule has 0 amide bonds. The lowest BCUT2D eigenvalue weighted by Crippen LogP contribution is -1.94. The first-order valence-corrected chi connectivity index (χ1v) is 11.2. The molecule has 0 N–H and O–H groups in total. The molecule has 0 saturated carbocycles. The van der Waals surface area contributed by atoms with Crippen LogP contribution in [0.15, 0.2) is 102 Å². The number of nitro groups is 2. The Morgan fingerprint density at radius 2 is 0.944 bits per heavy atom. The fourth-order valence-electron chi connectivity index (χ4n) is 3.41. The second kappa shape index (κ2) is 10.9. The van der Waals surface area contributed by atoms with E-state index in [4.69, 9.17) is 32.7 Å². The molecule has 0 aliphatic heterocycles. The summed E-state index contributed by atoms with van der Waals surface area (Å²) in [7, 11) is 0. The van der Waals surface area contributed by atoms with Crippen LogP contribution in [0.5, 0.6) is 23.0 Å². The molecule has 0 bridgehead atoms. The number of para-hydroxylation sites is 4. The van der Waals surface area contributed by atoms with E-state index >= 15 is 0 Å². The molecule has 0 aromatic heterocycles. The fraction of sp³-hybridized carbons (Fsp3) is 0. The summed E-state index contributed by atoms with van der Waals surface area (Å²) in [5.74, 6) is 1.03. The molecule has 0 heterocycles. The molecule has 8 nitrogen and oxygen atoms in total. The number of nitrogens with zero attached hydrogens (tertiary/aromatic N) is 2. The number of benzene rings is 4. The first-order valence-electron chi connectivity index (χ1n) is 10.4. The highest BCUT2D eigenvalue weighted by Crippen LogP contribution is 2.36. The summed E-state index contributed by atoms with van der Waals surface area (Å²) < 4.78 is 11.4. The summed E-state index contributed by atoms with van der Waals surface area (Å²) in [5.41, 5.74) is 1.60. The highest BCUT2D eigenvalue weighted by Gasteiger charge is 2.17. The lowest BCUT2D eigenvalue weighted by atomic mass is 9.99. The summed E-state index contributed by atoms with van der Waals surface area (Å²) in [6.45, 7) is 0. The van der Waals surface area contributed by atoms with Crippen LogP contribution in [-0.2, 0) is 0 Å². The van der Waals surface area contributed by atoms with Gasteiger partial charge in [-0.2, -0.15) is 0 Å². The Morgan fingerprint density at radius 1 is 0.583 bits per heavy atom.